The predicted molar refractivity (Wildman–Crippen MR) is 66.9 cm³/mol. The van der Waals surface area contributed by atoms with Gasteiger partial charge < -0.3 is 0 Å². The molecule has 2 bridgehead atoms. The lowest BCUT2D eigenvalue weighted by atomic mass is 9.65. The van der Waals surface area contributed by atoms with E-state index in [9.17, 15) is 0 Å². The van der Waals surface area contributed by atoms with E-state index in [1.165, 1.54) is 37.7 Å². The van der Waals surface area contributed by atoms with Gasteiger partial charge >= 0.3 is 0 Å². The Bertz CT molecular complexity index is 445. The fourth-order valence-corrected chi connectivity index (χ4v) is 4.15. The van der Waals surface area contributed by atoms with E-state index >= 15 is 0 Å². The first-order valence-corrected chi connectivity index (χ1v) is 6.71. The van der Waals surface area contributed by atoms with E-state index in [1.807, 2.05) is 0 Å². The maximum Gasteiger partial charge on any atom is 0.0237 e. The largest absolute Gasteiger partial charge is 0.0729 e. The maximum absolute atomic E-state index is 2.43. The second-order valence-electron chi connectivity index (χ2n) is 5.78. The van der Waals surface area contributed by atoms with Gasteiger partial charge in [-0.1, -0.05) is 48.8 Å². The van der Waals surface area contributed by atoms with Gasteiger partial charge in [0.2, 0.25) is 0 Å². The van der Waals surface area contributed by atoms with Gasteiger partial charge in [-0.05, 0) is 42.2 Å². The molecule has 1 fully saturated rings. The minimum atomic E-state index is 0.656. The highest BCUT2D eigenvalue weighted by atomic mass is 14.4. The molecule has 0 saturated heterocycles. The lowest BCUT2D eigenvalue weighted by molar-refractivity contribution is 0.269. The molecule has 3 atom stereocenters. The van der Waals surface area contributed by atoms with E-state index in [-0.39, 0.29) is 0 Å². The lowest BCUT2D eigenvalue weighted by Gasteiger charge is -2.40. The minimum Gasteiger partial charge on any atom is -0.0729 e. The molecule has 0 radical (unpaired) electrons. The summed E-state index contributed by atoms with van der Waals surface area (Å²) in [6.45, 7) is 0. The van der Waals surface area contributed by atoms with E-state index in [1.54, 1.807) is 11.1 Å². The van der Waals surface area contributed by atoms with Crippen LogP contribution in [0.5, 0.6) is 0 Å². The predicted octanol–water partition coefficient (Wildman–Crippen LogP) is 4.18. The molecule has 16 heavy (non-hydrogen) atoms. The molecule has 0 aromatic heterocycles. The Balaban J connectivity index is 1.81. The summed E-state index contributed by atoms with van der Waals surface area (Å²) >= 11 is 0. The van der Waals surface area contributed by atoms with Crippen LogP contribution in [-0.4, -0.2) is 0 Å². The Labute approximate surface area is 97.4 Å². The summed E-state index contributed by atoms with van der Waals surface area (Å²) in [6, 6.07) is 0. The molecule has 1 saturated carbocycles. The maximum atomic E-state index is 2.43. The molecule has 0 nitrogen and oxygen atoms in total. The van der Waals surface area contributed by atoms with Crippen molar-refractivity contribution in [2.24, 2.45) is 17.8 Å². The Morgan fingerprint density at radius 2 is 2.12 bits per heavy atom. The second kappa shape index (κ2) is 3.23. The Morgan fingerprint density at radius 1 is 1.12 bits per heavy atom. The van der Waals surface area contributed by atoms with Gasteiger partial charge in [-0.25, -0.2) is 0 Å². The lowest BCUT2D eigenvalue weighted by Crippen LogP contribution is -2.27. The van der Waals surface area contributed by atoms with E-state index in [2.05, 4.69) is 30.4 Å². The van der Waals surface area contributed by atoms with Crippen molar-refractivity contribution in [1.29, 1.82) is 0 Å². The van der Waals surface area contributed by atoms with Crippen molar-refractivity contribution in [2.45, 2.75) is 32.1 Å². The molecule has 0 heterocycles. The van der Waals surface area contributed by atoms with Crippen molar-refractivity contribution in [1.82, 2.24) is 0 Å². The Morgan fingerprint density at radius 3 is 3.12 bits per heavy atom. The number of rotatable bonds is 0. The van der Waals surface area contributed by atoms with Crippen LogP contribution in [0, 0.1) is 17.8 Å². The number of allylic oxidation sites excluding steroid dienone is 8. The van der Waals surface area contributed by atoms with Crippen LogP contribution in [0.25, 0.3) is 0 Å². The van der Waals surface area contributed by atoms with Gasteiger partial charge in [-0.3, -0.25) is 0 Å². The highest BCUT2D eigenvalue weighted by molar-refractivity contribution is 5.52. The van der Waals surface area contributed by atoms with Gasteiger partial charge in [0.05, 0.1) is 0 Å². The van der Waals surface area contributed by atoms with E-state index in [0.29, 0.717) is 5.92 Å². The molecule has 0 aromatic rings. The third kappa shape index (κ3) is 1.16. The zero-order valence-corrected chi connectivity index (χ0v) is 9.65. The van der Waals surface area contributed by atoms with Crippen molar-refractivity contribution in [3.8, 4) is 0 Å². The molecule has 0 aliphatic heterocycles. The Kier molecular flexibility index (Phi) is 1.82. The molecular weight excluding hydrogens is 192 g/mol. The van der Waals surface area contributed by atoms with Gasteiger partial charge in [0.1, 0.15) is 0 Å². The first-order valence-electron chi connectivity index (χ1n) is 6.71. The average molecular weight is 210 g/mol. The van der Waals surface area contributed by atoms with Crippen molar-refractivity contribution in [3.05, 3.63) is 47.1 Å². The second-order valence-corrected chi connectivity index (χ2v) is 5.78. The summed E-state index contributed by atoms with van der Waals surface area (Å²) in [5, 5.41) is 0. The molecular formula is C16H18. The van der Waals surface area contributed by atoms with Crippen LogP contribution in [0.2, 0.25) is 0 Å². The van der Waals surface area contributed by atoms with Crippen LogP contribution in [0.1, 0.15) is 32.1 Å². The third-order valence-electron chi connectivity index (χ3n) is 4.88. The van der Waals surface area contributed by atoms with E-state index in [0.717, 1.165) is 11.8 Å². The summed E-state index contributed by atoms with van der Waals surface area (Å²) in [6.07, 6.45) is 18.9. The molecule has 0 aromatic carbocycles. The number of hydrogen-bond acceptors (Lipinski definition) is 0. The highest BCUT2D eigenvalue weighted by Gasteiger charge is 2.35. The molecule has 0 N–H and O–H groups in total. The number of fused-ring (bicyclic) bond motifs is 5. The molecule has 4 aliphatic carbocycles. The van der Waals surface area contributed by atoms with Crippen molar-refractivity contribution < 1.29 is 0 Å². The Hall–Kier alpha value is -1.04. The van der Waals surface area contributed by atoms with Gasteiger partial charge in [0, 0.05) is 5.92 Å². The minimum absolute atomic E-state index is 0.656. The SMILES string of the molecule is C1=CC2C(=C1)C=CC1=C2CC2CCCC1C2. The summed E-state index contributed by atoms with van der Waals surface area (Å²) in [4.78, 5) is 0. The highest BCUT2D eigenvalue weighted by Crippen LogP contribution is 2.49. The first kappa shape index (κ1) is 9.04. The van der Waals surface area contributed by atoms with Crippen LogP contribution in [0.4, 0.5) is 0 Å². The molecule has 0 spiro atoms. The van der Waals surface area contributed by atoms with Crippen molar-refractivity contribution in [2.75, 3.05) is 0 Å². The first-order chi connectivity index (χ1) is 7.92. The van der Waals surface area contributed by atoms with Crippen LogP contribution in [-0.2, 0) is 0 Å². The molecule has 0 amide bonds. The molecule has 4 rings (SSSR count). The van der Waals surface area contributed by atoms with Crippen LogP contribution >= 0.6 is 0 Å². The van der Waals surface area contributed by atoms with Gasteiger partial charge in [0.15, 0.2) is 0 Å². The summed E-state index contributed by atoms with van der Waals surface area (Å²) in [5.41, 5.74) is 5.01. The van der Waals surface area contributed by atoms with E-state index < -0.39 is 0 Å². The van der Waals surface area contributed by atoms with Crippen molar-refractivity contribution in [3.63, 3.8) is 0 Å². The van der Waals surface area contributed by atoms with Crippen LogP contribution in [0.3, 0.4) is 0 Å². The van der Waals surface area contributed by atoms with Gasteiger partial charge in [-0.15, -0.1) is 0 Å². The summed E-state index contributed by atoms with van der Waals surface area (Å²) in [7, 11) is 0. The molecule has 82 valence electrons. The zero-order chi connectivity index (χ0) is 10.5. The topological polar surface area (TPSA) is 0 Å². The number of hydrogen-bond donors (Lipinski definition) is 0. The summed E-state index contributed by atoms with van der Waals surface area (Å²) < 4.78 is 0. The quantitative estimate of drug-likeness (QED) is 0.563. The van der Waals surface area contributed by atoms with Gasteiger partial charge in [-0.2, -0.15) is 0 Å². The fourth-order valence-electron chi connectivity index (χ4n) is 4.15. The summed E-state index contributed by atoms with van der Waals surface area (Å²) in [5.74, 6) is 2.55. The molecule has 3 unspecified atom stereocenters. The molecule has 0 heteroatoms. The monoisotopic (exact) mass is 210 g/mol. The average Bonchev–Trinajstić information content (AvgIpc) is 2.77. The van der Waals surface area contributed by atoms with Crippen LogP contribution in [0.15, 0.2) is 47.1 Å². The van der Waals surface area contributed by atoms with E-state index in [4.69, 9.17) is 0 Å². The molecule has 4 aliphatic rings. The smallest absolute Gasteiger partial charge is 0.0237 e. The van der Waals surface area contributed by atoms with Gasteiger partial charge in [0.25, 0.3) is 0 Å². The van der Waals surface area contributed by atoms with Crippen molar-refractivity contribution >= 4 is 0 Å². The standard InChI is InChI=1S/C16H18/c1-3-11-9-13(5-1)15-8-7-12-4-2-6-14(12)16(15)10-11/h2,4,6-8,11,13-14H,1,3,5,9-10H2. The zero-order valence-electron chi connectivity index (χ0n) is 9.65. The fraction of sp³-hybridized carbons (Fsp3) is 0.500. The normalized spacial score (nSPS) is 39.5. The van der Waals surface area contributed by atoms with Crippen LogP contribution < -0.4 is 0 Å². The third-order valence-corrected chi connectivity index (χ3v) is 4.88.